The molecule has 0 amide bonds. The Bertz CT molecular complexity index is 1830. The van der Waals surface area contributed by atoms with Gasteiger partial charge in [-0.3, -0.25) is 23.4 Å². The Labute approximate surface area is 461 Å². The zero-order valence-electron chi connectivity index (χ0n) is 47.2. The van der Waals surface area contributed by atoms with Crippen LogP contribution in [0.2, 0.25) is 0 Å². The number of phosphoric acid groups is 1. The van der Waals surface area contributed by atoms with Gasteiger partial charge in [-0.2, -0.15) is 0 Å². The average molecular weight is 1080 g/mol. The minimum atomic E-state index is -4.80. The Balaban J connectivity index is 4.96. The Morgan fingerprint density at radius 3 is 1.21 bits per heavy atom. The first kappa shape index (κ1) is 71.4. The second-order valence-electron chi connectivity index (χ2n) is 18.3. The van der Waals surface area contributed by atoms with Crippen LogP contribution in [0.25, 0.3) is 0 Å². The van der Waals surface area contributed by atoms with Crippen LogP contribution in [-0.2, 0) is 42.2 Å². The fourth-order valence-corrected chi connectivity index (χ4v) is 7.76. The molecular weight excluding hydrogens is 976 g/mol. The number of aliphatic hydroxyl groups is 1. The zero-order chi connectivity index (χ0) is 55.5. The van der Waals surface area contributed by atoms with Crippen molar-refractivity contribution >= 4 is 25.7 Å². The van der Waals surface area contributed by atoms with Gasteiger partial charge in [-0.15, -0.1) is 0 Å². The summed E-state index contributed by atoms with van der Waals surface area (Å²) in [5.74, 6) is -1.73. The van der Waals surface area contributed by atoms with Crippen LogP contribution in [0.15, 0.2) is 146 Å². The van der Waals surface area contributed by atoms with Crippen molar-refractivity contribution in [2.75, 3.05) is 26.4 Å². The van der Waals surface area contributed by atoms with Crippen molar-refractivity contribution in [2.24, 2.45) is 0 Å². The Morgan fingerprint density at radius 2 is 0.763 bits per heavy atom. The van der Waals surface area contributed by atoms with E-state index in [1.165, 1.54) is 38.5 Å². The molecule has 0 aromatic rings. The molecule has 76 heavy (non-hydrogen) atoms. The number of rotatable bonds is 51. The van der Waals surface area contributed by atoms with E-state index < -0.39 is 57.8 Å². The molecule has 0 aromatic carbocycles. The van der Waals surface area contributed by atoms with Gasteiger partial charge in [0.25, 0.3) is 0 Å². The van der Waals surface area contributed by atoms with Crippen molar-refractivity contribution in [3.63, 3.8) is 0 Å². The summed E-state index contributed by atoms with van der Waals surface area (Å²) in [5.41, 5.74) is 0. The maximum absolute atomic E-state index is 12.9. The summed E-state index contributed by atoms with van der Waals surface area (Å²) in [7, 11) is -4.80. The maximum atomic E-state index is 12.9. The number of phosphoric ester groups is 1. The third-order valence-corrected chi connectivity index (χ3v) is 12.2. The predicted molar refractivity (Wildman–Crippen MR) is 316 cm³/mol. The van der Waals surface area contributed by atoms with Gasteiger partial charge in [0.15, 0.2) is 6.10 Å². The lowest BCUT2D eigenvalue weighted by atomic mass is 10.1. The van der Waals surface area contributed by atoms with Gasteiger partial charge in [0, 0.05) is 12.8 Å². The van der Waals surface area contributed by atoms with Crippen molar-refractivity contribution < 1.29 is 52.2 Å². The van der Waals surface area contributed by atoms with Crippen LogP contribution in [0, 0.1) is 0 Å². The van der Waals surface area contributed by atoms with Crippen LogP contribution in [0.1, 0.15) is 201 Å². The van der Waals surface area contributed by atoms with E-state index in [4.69, 9.17) is 23.3 Å². The molecule has 0 saturated heterocycles. The second-order valence-corrected chi connectivity index (χ2v) is 19.8. The molecule has 0 aromatic heterocycles. The Hall–Kier alpha value is -4.64. The fraction of sp³-hybridized carbons (Fsp3) is 0.578. The van der Waals surface area contributed by atoms with E-state index >= 15 is 0 Å². The second kappa shape index (κ2) is 56.6. The van der Waals surface area contributed by atoms with Crippen molar-refractivity contribution in [1.29, 1.82) is 0 Å². The third-order valence-electron chi connectivity index (χ3n) is 11.3. The summed E-state index contributed by atoms with van der Waals surface area (Å²) < 4.78 is 39.3. The van der Waals surface area contributed by atoms with Gasteiger partial charge in [-0.05, 0) is 109 Å². The van der Waals surface area contributed by atoms with Gasteiger partial charge in [-0.1, -0.05) is 218 Å². The molecular formula is C64H101O11P. The molecule has 0 spiro atoms. The first-order valence-electron chi connectivity index (χ1n) is 28.7. The van der Waals surface area contributed by atoms with Crippen LogP contribution in [0.5, 0.6) is 0 Å². The fourth-order valence-electron chi connectivity index (χ4n) is 6.98. The Kier molecular flexibility index (Phi) is 53.1. The maximum Gasteiger partial charge on any atom is 0.472 e. The summed E-state index contributed by atoms with van der Waals surface area (Å²) in [6.45, 7) is 4.18. The van der Waals surface area contributed by atoms with E-state index in [0.717, 1.165) is 96.3 Å². The summed E-state index contributed by atoms with van der Waals surface area (Å²) in [5, 5.41) is 9.79. The van der Waals surface area contributed by atoms with Crippen LogP contribution < -0.4 is 0 Å². The molecule has 0 saturated carbocycles. The zero-order valence-corrected chi connectivity index (χ0v) is 48.0. The molecule has 0 aliphatic heterocycles. The lowest BCUT2D eigenvalue weighted by Gasteiger charge is -2.21. The number of hydrogen-bond donors (Lipinski definition) is 2. The molecule has 3 atom stereocenters. The van der Waals surface area contributed by atoms with Gasteiger partial charge < -0.3 is 24.2 Å². The summed E-state index contributed by atoms with van der Waals surface area (Å²) in [6.07, 6.45) is 72.8. The average Bonchev–Trinajstić information content (AvgIpc) is 3.41. The molecule has 2 N–H and O–H groups in total. The minimum Gasteiger partial charge on any atom is -0.462 e. The molecule has 0 rings (SSSR count). The molecule has 428 valence electrons. The van der Waals surface area contributed by atoms with Gasteiger partial charge in [-0.25, -0.2) is 4.57 Å². The molecule has 0 fully saturated rings. The topological polar surface area (TPSA) is 155 Å². The summed E-state index contributed by atoms with van der Waals surface area (Å²) in [4.78, 5) is 48.4. The molecule has 11 nitrogen and oxygen atoms in total. The van der Waals surface area contributed by atoms with Crippen molar-refractivity contribution in [3.8, 4) is 0 Å². The number of unbranched alkanes of at least 4 members (excludes halogenated alkanes) is 11. The van der Waals surface area contributed by atoms with Crippen LogP contribution in [-0.4, -0.2) is 66.5 Å². The van der Waals surface area contributed by atoms with Crippen molar-refractivity contribution in [2.45, 2.75) is 213 Å². The minimum absolute atomic E-state index is 0.0258. The molecule has 0 aliphatic rings. The highest BCUT2D eigenvalue weighted by Crippen LogP contribution is 2.43. The van der Waals surface area contributed by atoms with E-state index in [1.54, 1.807) is 6.08 Å². The first-order valence-corrected chi connectivity index (χ1v) is 30.2. The quantitative estimate of drug-likeness (QED) is 0.0197. The summed E-state index contributed by atoms with van der Waals surface area (Å²) in [6, 6.07) is 0. The van der Waals surface area contributed by atoms with Crippen LogP contribution in [0.4, 0.5) is 0 Å². The van der Waals surface area contributed by atoms with Gasteiger partial charge in [0.1, 0.15) is 12.7 Å². The molecule has 0 aliphatic carbocycles. The van der Waals surface area contributed by atoms with E-state index in [1.807, 2.05) is 30.4 Å². The SMILES string of the molecule is CC/C=C\C/C=C\C/C=C\C/C=C\C/C=C\C/C=C\CCC(=O)OC(COC(=O)CCCCCCC/C=C\CCCCCCCC)COP(=O)(O)OCC(CO)OC(=O)C/C=C\C/C=C\C/C=C\C/C=C\C/C=C\CC. The lowest BCUT2D eigenvalue weighted by molar-refractivity contribution is -0.161. The molecule has 0 bridgehead atoms. The smallest absolute Gasteiger partial charge is 0.462 e. The highest BCUT2D eigenvalue weighted by molar-refractivity contribution is 7.47. The Morgan fingerprint density at radius 1 is 0.395 bits per heavy atom. The van der Waals surface area contributed by atoms with E-state index in [2.05, 4.69) is 130 Å². The van der Waals surface area contributed by atoms with Gasteiger partial charge in [0.05, 0.1) is 26.2 Å². The van der Waals surface area contributed by atoms with Crippen LogP contribution >= 0.6 is 7.82 Å². The highest BCUT2D eigenvalue weighted by atomic mass is 31.2. The molecule has 0 radical (unpaired) electrons. The molecule has 0 heterocycles. The molecule has 3 unspecified atom stereocenters. The lowest BCUT2D eigenvalue weighted by Crippen LogP contribution is -2.30. The number of carbonyl (C=O) groups is 3. The molecule has 12 heteroatoms. The number of aliphatic hydroxyl groups excluding tert-OH is 1. The van der Waals surface area contributed by atoms with E-state index in [9.17, 15) is 28.9 Å². The number of hydrogen-bond acceptors (Lipinski definition) is 10. The number of esters is 3. The van der Waals surface area contributed by atoms with Crippen molar-refractivity contribution in [3.05, 3.63) is 146 Å². The number of allylic oxidation sites excluding steroid dienone is 23. The number of carbonyl (C=O) groups excluding carboxylic acids is 3. The highest BCUT2D eigenvalue weighted by Gasteiger charge is 2.28. The summed E-state index contributed by atoms with van der Waals surface area (Å²) >= 11 is 0. The largest absolute Gasteiger partial charge is 0.472 e. The monoisotopic (exact) mass is 1080 g/mol. The standard InChI is InChI=1S/C64H101O11P/c1-4-7-10-13-16-19-22-25-28-29-30-31-34-37-40-43-46-49-52-55-64(68)75-61(57-71-62(66)53-50-47-44-41-38-35-32-26-23-20-17-14-11-8-5-2)59-73-76(69,70)72-58-60(56-65)74-63(67)54-51-48-45-42-39-36-33-27-24-21-18-15-12-9-6-3/h7,9-10,12,16,18-19,21,25-28,30-33,37,39-40,42,46,48-49,51,60-61,65H,4-6,8,11,13-15,17,20,22-24,29,34-36,38,41,43-45,47,50,52-59H2,1-3H3,(H,69,70)/b10-7-,12-9-,19-16-,21-18-,28-25-,31-30-,32-26-,33-27-,40-37-,42-39-,49-46-,51-48-. The number of ether oxygens (including phenoxy) is 3. The van der Waals surface area contributed by atoms with E-state index in [0.29, 0.717) is 25.7 Å². The predicted octanol–water partition coefficient (Wildman–Crippen LogP) is 17.1. The van der Waals surface area contributed by atoms with E-state index in [-0.39, 0.29) is 25.9 Å². The van der Waals surface area contributed by atoms with Crippen LogP contribution in [0.3, 0.4) is 0 Å². The van der Waals surface area contributed by atoms with Gasteiger partial charge in [0.2, 0.25) is 0 Å². The third kappa shape index (κ3) is 54.2. The van der Waals surface area contributed by atoms with Gasteiger partial charge >= 0.3 is 25.7 Å². The normalized spacial score (nSPS) is 14.4. The first-order chi connectivity index (χ1) is 37.2. The van der Waals surface area contributed by atoms with Crippen molar-refractivity contribution in [1.82, 2.24) is 0 Å².